The van der Waals surface area contributed by atoms with Crippen molar-refractivity contribution >= 4 is 34.1 Å². The zero-order chi connectivity index (χ0) is 29.4. The molecule has 2 aromatic carbocycles. The first-order valence-electron chi connectivity index (χ1n) is 14.8. The lowest BCUT2D eigenvalue weighted by Gasteiger charge is -2.19. The number of Topliss-reactive ketones (excluding diaryl/α,β-unsaturated/α-hetero) is 1. The lowest BCUT2D eigenvalue weighted by Crippen LogP contribution is -2.34. The molecule has 0 radical (unpaired) electrons. The van der Waals surface area contributed by atoms with E-state index in [4.69, 9.17) is 9.72 Å². The van der Waals surface area contributed by atoms with Gasteiger partial charge in [-0.1, -0.05) is 45.9 Å². The molecule has 0 aliphatic rings. The van der Waals surface area contributed by atoms with Crippen LogP contribution in [0, 0.1) is 11.8 Å². The van der Waals surface area contributed by atoms with Crippen molar-refractivity contribution in [1.29, 1.82) is 0 Å². The normalized spacial score (nSPS) is 12.3. The average Bonchev–Trinajstić information content (AvgIpc) is 3.61. The molecule has 2 aromatic heterocycles. The number of nitrogens with zero attached hydrogens (tertiary/aromatic N) is 2. The van der Waals surface area contributed by atoms with Gasteiger partial charge in [-0.25, -0.2) is 4.98 Å². The topological polar surface area (TPSA) is 73.2 Å². The van der Waals surface area contributed by atoms with Crippen LogP contribution in [0.3, 0.4) is 0 Å². The van der Waals surface area contributed by atoms with Crippen molar-refractivity contribution in [2.45, 2.75) is 72.3 Å². The van der Waals surface area contributed by atoms with E-state index in [1.807, 2.05) is 42.5 Å². The maximum Gasteiger partial charge on any atom is 0.223 e. The Hall–Kier alpha value is -3.45. The average molecular weight is 574 g/mol. The number of benzene rings is 2. The van der Waals surface area contributed by atoms with Gasteiger partial charge in [0.05, 0.1) is 18.1 Å². The van der Waals surface area contributed by atoms with E-state index in [1.54, 1.807) is 18.4 Å². The second-order valence-electron chi connectivity index (χ2n) is 11.2. The van der Waals surface area contributed by atoms with Gasteiger partial charge in [0.25, 0.3) is 0 Å². The number of hydrogen-bond donors (Lipinski definition) is 1. The summed E-state index contributed by atoms with van der Waals surface area (Å²) in [6.45, 7) is 9.12. The first-order chi connectivity index (χ1) is 19.8. The number of thiophene rings is 1. The van der Waals surface area contributed by atoms with E-state index in [0.717, 1.165) is 47.4 Å². The molecule has 41 heavy (non-hydrogen) atoms. The molecule has 0 spiro atoms. The molecule has 1 atom stereocenters. The van der Waals surface area contributed by atoms with Crippen LogP contribution in [0.4, 0.5) is 0 Å². The first kappa shape index (κ1) is 30.5. The summed E-state index contributed by atoms with van der Waals surface area (Å²) in [5.41, 5.74) is 3.63. The number of carbonyl (C=O) groups excluding carboxylic acids is 2. The third kappa shape index (κ3) is 7.85. The molecule has 0 saturated carbocycles. The zero-order valence-electron chi connectivity index (χ0n) is 25.0. The van der Waals surface area contributed by atoms with Crippen molar-refractivity contribution < 1.29 is 14.3 Å². The van der Waals surface area contributed by atoms with Gasteiger partial charge in [0.15, 0.2) is 5.78 Å². The van der Waals surface area contributed by atoms with Gasteiger partial charge in [0.1, 0.15) is 11.6 Å². The van der Waals surface area contributed by atoms with Crippen LogP contribution in [0.15, 0.2) is 60.0 Å². The summed E-state index contributed by atoms with van der Waals surface area (Å²) in [6.07, 6.45) is 4.36. The molecular formula is C34H43N3O3S. The number of carbonyl (C=O) groups is 2. The van der Waals surface area contributed by atoms with E-state index < -0.39 is 0 Å². The van der Waals surface area contributed by atoms with Crippen molar-refractivity contribution in [3.63, 3.8) is 0 Å². The lowest BCUT2D eigenvalue weighted by molar-refractivity contribution is -0.125. The summed E-state index contributed by atoms with van der Waals surface area (Å²) >= 11 is 1.74. The predicted octanol–water partition coefficient (Wildman–Crippen LogP) is 7.65. The Morgan fingerprint density at radius 2 is 1.85 bits per heavy atom. The summed E-state index contributed by atoms with van der Waals surface area (Å²) in [5, 5.41) is 5.17. The van der Waals surface area contributed by atoms with Crippen LogP contribution in [0.5, 0.6) is 5.75 Å². The zero-order valence-corrected chi connectivity index (χ0v) is 25.8. The Kier molecular flexibility index (Phi) is 10.7. The van der Waals surface area contributed by atoms with Crippen LogP contribution >= 0.6 is 11.3 Å². The summed E-state index contributed by atoms with van der Waals surface area (Å²) in [7, 11) is 1.65. The third-order valence-electron chi connectivity index (χ3n) is 7.71. The third-order valence-corrected chi connectivity index (χ3v) is 8.59. The van der Waals surface area contributed by atoms with Gasteiger partial charge < -0.3 is 14.6 Å². The van der Waals surface area contributed by atoms with Gasteiger partial charge >= 0.3 is 0 Å². The van der Waals surface area contributed by atoms with Crippen molar-refractivity contribution in [2.75, 3.05) is 13.7 Å². The quantitative estimate of drug-likeness (QED) is 0.148. The lowest BCUT2D eigenvalue weighted by atomic mass is 9.89. The second-order valence-corrected chi connectivity index (χ2v) is 12.2. The maximum absolute atomic E-state index is 13.5. The van der Waals surface area contributed by atoms with Crippen LogP contribution in [0.25, 0.3) is 11.0 Å². The largest absolute Gasteiger partial charge is 0.497 e. The maximum atomic E-state index is 13.5. The Balaban J connectivity index is 1.50. The highest BCUT2D eigenvalue weighted by atomic mass is 32.1. The van der Waals surface area contributed by atoms with Crippen molar-refractivity contribution in [3.8, 4) is 5.75 Å². The standard InChI is InChI=1S/C34H43N3O3S/c1-6-27(7-2)37-31-14-13-25(20-30(31)36-33(37)22-29-12-9-17-41-29)32(38)21-26(18-23(3)4)34(39)35-16-15-24-10-8-11-28(19-24)40-5/h8-14,17,19-20,23,26-27H,6-7,15-16,18,21-22H2,1-5H3,(H,35,39)/t26-/m1/s1. The molecule has 1 amide bonds. The van der Waals surface area contributed by atoms with E-state index in [2.05, 4.69) is 55.1 Å². The predicted molar refractivity (Wildman–Crippen MR) is 168 cm³/mol. The van der Waals surface area contributed by atoms with E-state index in [0.29, 0.717) is 36.9 Å². The minimum atomic E-state index is -0.375. The molecule has 4 aromatic rings. The number of imidazole rings is 1. The molecule has 0 saturated heterocycles. The highest BCUT2D eigenvalue weighted by Gasteiger charge is 2.25. The summed E-state index contributed by atoms with van der Waals surface area (Å²) in [4.78, 5) is 33.0. The summed E-state index contributed by atoms with van der Waals surface area (Å²) in [6, 6.07) is 18.3. The summed E-state index contributed by atoms with van der Waals surface area (Å²) in [5.74, 6) is 1.69. The molecule has 7 heteroatoms. The van der Waals surface area contributed by atoms with E-state index in [1.165, 1.54) is 4.88 Å². The molecule has 0 bridgehead atoms. The molecular weight excluding hydrogens is 530 g/mol. The Morgan fingerprint density at radius 1 is 1.05 bits per heavy atom. The minimum Gasteiger partial charge on any atom is -0.497 e. The van der Waals surface area contributed by atoms with Gasteiger partial charge in [0.2, 0.25) is 5.91 Å². The minimum absolute atomic E-state index is 0.0163. The van der Waals surface area contributed by atoms with Crippen molar-refractivity contribution in [3.05, 3.63) is 81.8 Å². The number of amides is 1. The Labute approximate surface area is 248 Å². The molecule has 0 aliphatic carbocycles. The number of ketones is 1. The van der Waals surface area contributed by atoms with Crippen LogP contribution in [0.1, 0.15) is 86.0 Å². The molecule has 0 aliphatic heterocycles. The van der Waals surface area contributed by atoms with Gasteiger partial charge in [0, 0.05) is 41.8 Å². The van der Waals surface area contributed by atoms with Gasteiger partial charge in [-0.2, -0.15) is 0 Å². The fourth-order valence-corrected chi connectivity index (χ4v) is 6.27. The fourth-order valence-electron chi connectivity index (χ4n) is 5.57. The Bertz CT molecular complexity index is 1440. The first-order valence-corrected chi connectivity index (χ1v) is 15.7. The molecule has 2 heterocycles. The highest BCUT2D eigenvalue weighted by molar-refractivity contribution is 7.09. The fraction of sp³-hybridized carbons (Fsp3) is 0.441. The SMILES string of the molecule is CCC(CC)n1c(Cc2cccs2)nc2cc(C(=O)C[C@@H](CC(C)C)C(=O)NCCc3cccc(OC)c3)ccc21. The van der Waals surface area contributed by atoms with Crippen LogP contribution in [-0.2, 0) is 17.6 Å². The van der Waals surface area contributed by atoms with E-state index in [-0.39, 0.29) is 24.0 Å². The smallest absolute Gasteiger partial charge is 0.223 e. The monoisotopic (exact) mass is 573 g/mol. The van der Waals surface area contributed by atoms with Crippen LogP contribution in [-0.4, -0.2) is 34.9 Å². The molecule has 218 valence electrons. The Morgan fingerprint density at radius 3 is 2.54 bits per heavy atom. The second kappa shape index (κ2) is 14.4. The number of nitrogens with one attached hydrogen (secondary N) is 1. The number of hydrogen-bond acceptors (Lipinski definition) is 5. The number of fused-ring (bicyclic) bond motifs is 1. The summed E-state index contributed by atoms with van der Waals surface area (Å²) < 4.78 is 7.66. The van der Waals surface area contributed by atoms with Gasteiger partial charge in [-0.3, -0.25) is 9.59 Å². The number of methoxy groups -OCH3 is 1. The van der Waals surface area contributed by atoms with Crippen molar-refractivity contribution in [2.24, 2.45) is 11.8 Å². The number of rotatable bonds is 15. The molecule has 1 N–H and O–H groups in total. The number of ether oxygens (including phenoxy) is 1. The number of aromatic nitrogens is 2. The van der Waals surface area contributed by atoms with Crippen LogP contribution in [0.2, 0.25) is 0 Å². The highest BCUT2D eigenvalue weighted by Crippen LogP contribution is 2.29. The molecule has 0 unspecified atom stereocenters. The van der Waals surface area contributed by atoms with E-state index >= 15 is 0 Å². The molecule has 4 rings (SSSR count). The van der Waals surface area contributed by atoms with Crippen molar-refractivity contribution in [1.82, 2.24) is 14.9 Å². The van der Waals surface area contributed by atoms with Crippen LogP contribution < -0.4 is 10.1 Å². The van der Waals surface area contributed by atoms with Gasteiger partial charge in [-0.05, 0) is 78.9 Å². The molecule has 6 nitrogen and oxygen atoms in total. The molecule has 0 fully saturated rings. The van der Waals surface area contributed by atoms with E-state index in [9.17, 15) is 9.59 Å². The van der Waals surface area contributed by atoms with Gasteiger partial charge in [-0.15, -0.1) is 11.3 Å².